The summed E-state index contributed by atoms with van der Waals surface area (Å²) in [7, 11) is 0. The predicted molar refractivity (Wildman–Crippen MR) is 132 cm³/mol. The number of rotatable bonds is 9. The number of nitrogens with zero attached hydrogens (tertiary/aromatic N) is 3. The van der Waals surface area contributed by atoms with Gasteiger partial charge in [-0.2, -0.15) is 8.78 Å². The fourth-order valence-electron chi connectivity index (χ4n) is 5.03. The minimum Gasteiger partial charge on any atom is -0.434 e. The number of hydrogen-bond acceptors (Lipinski definition) is 4. The fraction of sp³-hybridized carbons (Fsp3) is 0.519. The summed E-state index contributed by atoms with van der Waals surface area (Å²) < 4.78 is 31.5. The number of amides is 2. The van der Waals surface area contributed by atoms with E-state index in [-0.39, 0.29) is 23.8 Å². The standard InChI is InChI=1S/C27H35F2N3O3/c1-27(2,19-33)22-9-6-12-30(18-22)17-21-10-11-23(15-24(21)35-25(28)29)32-14-13-31(26(32)34)16-20-7-4-3-5-8-20/h3-5,7-8,10-11,15,22,25,33H,6,9,12-14,16-19H2,1-2H3/t22-/m0/s1. The largest absolute Gasteiger partial charge is 0.434 e. The van der Waals surface area contributed by atoms with Crippen LogP contribution in [0.5, 0.6) is 5.75 Å². The van der Waals surface area contributed by atoms with Crippen LogP contribution in [0, 0.1) is 11.3 Å². The topological polar surface area (TPSA) is 56.2 Å². The first kappa shape index (κ1) is 25.4. The molecule has 2 saturated heterocycles. The van der Waals surface area contributed by atoms with Crippen molar-refractivity contribution < 1.29 is 23.4 Å². The summed E-state index contributed by atoms with van der Waals surface area (Å²) in [6.07, 6.45) is 2.04. The van der Waals surface area contributed by atoms with Crippen LogP contribution >= 0.6 is 0 Å². The number of carbonyl (C=O) groups excluding carboxylic acids is 1. The highest BCUT2D eigenvalue weighted by Gasteiger charge is 2.33. The lowest BCUT2D eigenvalue weighted by atomic mass is 9.75. The zero-order chi connectivity index (χ0) is 25.0. The number of benzene rings is 2. The Kier molecular flexibility index (Phi) is 7.91. The van der Waals surface area contributed by atoms with Crippen LogP contribution in [0.2, 0.25) is 0 Å². The maximum Gasteiger partial charge on any atom is 0.387 e. The Morgan fingerprint density at radius 2 is 1.86 bits per heavy atom. The molecule has 2 aromatic carbocycles. The summed E-state index contributed by atoms with van der Waals surface area (Å²) >= 11 is 0. The number of halogens is 2. The maximum absolute atomic E-state index is 13.3. The van der Waals surface area contributed by atoms with Gasteiger partial charge in [-0.3, -0.25) is 9.80 Å². The van der Waals surface area contributed by atoms with Crippen molar-refractivity contribution in [2.24, 2.45) is 11.3 Å². The molecule has 8 heteroatoms. The molecule has 35 heavy (non-hydrogen) atoms. The first-order valence-electron chi connectivity index (χ1n) is 12.3. The molecule has 2 amide bonds. The van der Waals surface area contributed by atoms with Crippen LogP contribution in [-0.4, -0.2) is 60.3 Å². The zero-order valence-electron chi connectivity index (χ0n) is 20.5. The Bertz CT molecular complexity index is 1000. The lowest BCUT2D eigenvalue weighted by Gasteiger charge is -2.40. The molecule has 190 valence electrons. The smallest absolute Gasteiger partial charge is 0.387 e. The van der Waals surface area contributed by atoms with Gasteiger partial charge >= 0.3 is 12.6 Å². The molecule has 2 heterocycles. The molecule has 0 radical (unpaired) electrons. The molecule has 0 spiro atoms. The number of aliphatic hydroxyl groups excluding tert-OH is 1. The number of hydrogen-bond donors (Lipinski definition) is 1. The summed E-state index contributed by atoms with van der Waals surface area (Å²) in [6, 6.07) is 14.8. The molecule has 2 aliphatic heterocycles. The van der Waals surface area contributed by atoms with E-state index in [0.717, 1.165) is 31.5 Å². The second-order valence-electron chi connectivity index (χ2n) is 10.2. The zero-order valence-corrected chi connectivity index (χ0v) is 20.5. The molecule has 0 bridgehead atoms. The van der Waals surface area contributed by atoms with Crippen LogP contribution in [0.1, 0.15) is 37.8 Å². The average Bonchev–Trinajstić information content (AvgIpc) is 3.20. The number of anilines is 1. The number of piperidine rings is 1. The minimum atomic E-state index is -2.95. The third kappa shape index (κ3) is 6.11. The summed E-state index contributed by atoms with van der Waals surface area (Å²) in [5, 5.41) is 9.77. The fourth-order valence-corrected chi connectivity index (χ4v) is 5.03. The lowest BCUT2D eigenvalue weighted by Crippen LogP contribution is -2.42. The van der Waals surface area contributed by atoms with E-state index in [1.165, 1.54) is 0 Å². The highest BCUT2D eigenvalue weighted by atomic mass is 19.3. The lowest BCUT2D eigenvalue weighted by molar-refractivity contribution is -0.0509. The van der Waals surface area contributed by atoms with E-state index >= 15 is 0 Å². The van der Waals surface area contributed by atoms with Crippen molar-refractivity contribution in [1.82, 2.24) is 9.80 Å². The van der Waals surface area contributed by atoms with Gasteiger partial charge in [0.2, 0.25) is 0 Å². The molecular formula is C27H35F2N3O3. The van der Waals surface area contributed by atoms with Crippen molar-refractivity contribution in [2.75, 3.05) is 37.7 Å². The van der Waals surface area contributed by atoms with E-state index < -0.39 is 6.61 Å². The summed E-state index contributed by atoms with van der Waals surface area (Å²) in [4.78, 5) is 18.7. The molecule has 6 nitrogen and oxygen atoms in total. The molecule has 4 rings (SSSR count). The molecular weight excluding hydrogens is 452 g/mol. The van der Waals surface area contributed by atoms with E-state index in [9.17, 15) is 18.7 Å². The Hall–Kier alpha value is -2.71. The molecule has 0 unspecified atom stereocenters. The second kappa shape index (κ2) is 10.9. The number of alkyl halides is 2. The molecule has 1 atom stereocenters. The second-order valence-corrected chi connectivity index (χ2v) is 10.2. The number of urea groups is 1. The minimum absolute atomic E-state index is 0.107. The highest BCUT2D eigenvalue weighted by molar-refractivity contribution is 5.94. The summed E-state index contributed by atoms with van der Waals surface area (Å²) in [5.41, 5.74) is 2.09. The maximum atomic E-state index is 13.3. The normalized spacial score (nSPS) is 19.6. The van der Waals surface area contributed by atoms with E-state index in [4.69, 9.17) is 4.74 Å². The van der Waals surface area contributed by atoms with Crippen molar-refractivity contribution in [3.63, 3.8) is 0 Å². The van der Waals surface area contributed by atoms with Crippen molar-refractivity contribution in [3.05, 3.63) is 59.7 Å². The monoisotopic (exact) mass is 487 g/mol. The predicted octanol–water partition coefficient (Wildman–Crippen LogP) is 4.96. The van der Waals surface area contributed by atoms with Gasteiger partial charge in [-0.25, -0.2) is 4.79 Å². The van der Waals surface area contributed by atoms with Crippen LogP contribution in [0.15, 0.2) is 48.5 Å². The van der Waals surface area contributed by atoms with Crippen LogP contribution in [0.25, 0.3) is 0 Å². The highest BCUT2D eigenvalue weighted by Crippen LogP contribution is 2.35. The molecule has 2 aromatic rings. The first-order valence-corrected chi connectivity index (χ1v) is 12.3. The molecule has 0 saturated carbocycles. The quantitative estimate of drug-likeness (QED) is 0.543. The third-order valence-electron chi connectivity index (χ3n) is 7.30. The number of ether oxygens (including phenoxy) is 1. The molecule has 0 aromatic heterocycles. The summed E-state index contributed by atoms with van der Waals surface area (Å²) in [6.45, 7) is 5.00. The first-order chi connectivity index (χ1) is 16.8. The number of carbonyl (C=O) groups is 1. The van der Waals surface area contributed by atoms with Gasteiger partial charge in [-0.05, 0) is 42.3 Å². The van der Waals surface area contributed by atoms with E-state index in [1.807, 2.05) is 36.4 Å². The van der Waals surface area contributed by atoms with Gasteiger partial charge in [0.15, 0.2) is 0 Å². The van der Waals surface area contributed by atoms with Crippen molar-refractivity contribution in [3.8, 4) is 5.75 Å². The Labute approximate surface area is 206 Å². The van der Waals surface area contributed by atoms with Crippen molar-refractivity contribution in [1.29, 1.82) is 0 Å². The van der Waals surface area contributed by atoms with Gasteiger partial charge in [0, 0.05) is 56.6 Å². The molecule has 0 aliphatic carbocycles. The van der Waals surface area contributed by atoms with Gasteiger partial charge in [0.1, 0.15) is 5.75 Å². The third-order valence-corrected chi connectivity index (χ3v) is 7.30. The van der Waals surface area contributed by atoms with Gasteiger partial charge in [0.05, 0.1) is 0 Å². The van der Waals surface area contributed by atoms with Gasteiger partial charge in [0.25, 0.3) is 0 Å². The number of aliphatic hydroxyl groups is 1. The van der Waals surface area contributed by atoms with Crippen LogP contribution in [0.4, 0.5) is 19.3 Å². The molecule has 2 aliphatic rings. The SMILES string of the molecule is CC(C)(CO)[C@H]1CCCN(Cc2ccc(N3CCN(Cc4ccccc4)C3=O)cc2OC(F)F)C1. The van der Waals surface area contributed by atoms with Crippen LogP contribution < -0.4 is 9.64 Å². The van der Waals surface area contributed by atoms with Gasteiger partial charge in [-0.1, -0.05) is 50.2 Å². The number of likely N-dealkylation sites (tertiary alicyclic amines) is 1. The van der Waals surface area contributed by atoms with Crippen molar-refractivity contribution >= 4 is 11.7 Å². The van der Waals surface area contributed by atoms with Crippen molar-refractivity contribution in [2.45, 2.75) is 46.4 Å². The Morgan fingerprint density at radius 3 is 2.57 bits per heavy atom. The van der Waals surface area contributed by atoms with E-state index in [1.54, 1.807) is 21.9 Å². The van der Waals surface area contributed by atoms with E-state index in [0.29, 0.717) is 43.3 Å². The van der Waals surface area contributed by atoms with Crippen LogP contribution in [-0.2, 0) is 13.1 Å². The Balaban J connectivity index is 1.48. The van der Waals surface area contributed by atoms with Gasteiger partial charge < -0.3 is 14.7 Å². The van der Waals surface area contributed by atoms with E-state index in [2.05, 4.69) is 18.7 Å². The average molecular weight is 488 g/mol. The van der Waals surface area contributed by atoms with Gasteiger partial charge in [-0.15, -0.1) is 0 Å². The van der Waals surface area contributed by atoms with Crippen LogP contribution in [0.3, 0.4) is 0 Å². The summed E-state index contributed by atoms with van der Waals surface area (Å²) in [5.74, 6) is 0.438. The molecule has 2 fully saturated rings. The Morgan fingerprint density at radius 1 is 1.09 bits per heavy atom. The molecule has 1 N–H and O–H groups in total.